The molecule has 42 heavy (non-hydrogen) atoms. The number of imidazole rings is 1. The van der Waals surface area contributed by atoms with Gasteiger partial charge in [-0.2, -0.15) is 21.9 Å². The molecule has 2 aromatic heterocycles. The summed E-state index contributed by atoms with van der Waals surface area (Å²) in [6.07, 6.45) is -4.78. The van der Waals surface area contributed by atoms with Crippen LogP contribution in [0.5, 0.6) is 0 Å². The number of nitrogen functional groups attached to an aromatic ring is 1. The van der Waals surface area contributed by atoms with Crippen molar-refractivity contribution < 1.29 is 56.8 Å². The van der Waals surface area contributed by atoms with E-state index in [1.165, 1.54) is 4.90 Å². The molecule has 6 atom stereocenters. The summed E-state index contributed by atoms with van der Waals surface area (Å²) in [5, 5.41) is 14.0. The SMILES string of the molecule is Nc1nc2c(ncn2[C@@H]2O[C@H](COP(=O)(O)OP(=O)(O)O)[C@@H](OC(=O)N3CCC[C@H](NC(=O)CCS)C3)[C@H]2O)c(=O)[nH]1. The summed E-state index contributed by atoms with van der Waals surface area (Å²) in [7, 11) is -10.8. The largest absolute Gasteiger partial charge is 0.481 e. The summed E-state index contributed by atoms with van der Waals surface area (Å²) >= 11 is 4.02. The number of aliphatic hydroxyl groups is 1. The number of aliphatic hydroxyl groups excluding tert-OH is 1. The van der Waals surface area contributed by atoms with Crippen LogP contribution in [0.4, 0.5) is 10.7 Å². The molecule has 2 aliphatic rings. The number of hydrogen-bond acceptors (Lipinski definition) is 14. The number of aromatic amines is 1. The van der Waals surface area contributed by atoms with Crippen LogP contribution < -0.4 is 16.6 Å². The highest BCUT2D eigenvalue weighted by Crippen LogP contribution is 2.57. The number of carbonyl (C=O) groups is 2. The molecule has 20 nitrogen and oxygen atoms in total. The highest BCUT2D eigenvalue weighted by atomic mass is 32.1. The van der Waals surface area contributed by atoms with Gasteiger partial charge in [0, 0.05) is 25.6 Å². The molecule has 2 saturated heterocycles. The van der Waals surface area contributed by atoms with Crippen LogP contribution in [0.25, 0.3) is 11.2 Å². The fourth-order valence-electron chi connectivity index (χ4n) is 4.54. The fraction of sp³-hybridized carbons (Fsp3) is 0.632. The molecule has 2 aromatic rings. The molecule has 0 bridgehead atoms. The number of rotatable bonds is 10. The molecular formula is C19H29N7O13P2S. The average Bonchev–Trinajstić information content (AvgIpc) is 3.42. The lowest BCUT2D eigenvalue weighted by molar-refractivity contribution is -0.121. The summed E-state index contributed by atoms with van der Waals surface area (Å²) in [5.74, 6) is -0.171. The molecule has 234 valence electrons. The third-order valence-corrected chi connectivity index (χ3v) is 8.64. The van der Waals surface area contributed by atoms with Gasteiger partial charge in [0.25, 0.3) is 5.56 Å². The van der Waals surface area contributed by atoms with E-state index in [-0.39, 0.29) is 48.6 Å². The van der Waals surface area contributed by atoms with Gasteiger partial charge in [-0.1, -0.05) is 0 Å². The Labute approximate surface area is 241 Å². The van der Waals surface area contributed by atoms with Gasteiger partial charge in [0.2, 0.25) is 11.9 Å². The Balaban J connectivity index is 1.55. The van der Waals surface area contributed by atoms with Gasteiger partial charge >= 0.3 is 21.7 Å². The normalized spacial score (nSPS) is 26.2. The number of nitrogens with one attached hydrogen (secondary N) is 2. The average molecular weight is 657 g/mol. The van der Waals surface area contributed by atoms with Crippen LogP contribution in [0.2, 0.25) is 0 Å². The zero-order valence-electron chi connectivity index (χ0n) is 21.6. The molecule has 23 heteroatoms. The lowest BCUT2D eigenvalue weighted by atomic mass is 10.1. The van der Waals surface area contributed by atoms with Crippen molar-refractivity contribution in [2.45, 2.75) is 49.8 Å². The van der Waals surface area contributed by atoms with Gasteiger partial charge in [0.05, 0.1) is 12.9 Å². The molecule has 0 saturated carbocycles. The van der Waals surface area contributed by atoms with E-state index >= 15 is 0 Å². The number of ether oxygens (including phenoxy) is 2. The Kier molecular flexibility index (Phi) is 9.98. The molecule has 0 aliphatic carbocycles. The van der Waals surface area contributed by atoms with Gasteiger partial charge in [-0.25, -0.2) is 18.9 Å². The molecular weight excluding hydrogens is 628 g/mol. The highest BCUT2D eigenvalue weighted by Gasteiger charge is 2.49. The number of amides is 2. The van der Waals surface area contributed by atoms with Crippen molar-refractivity contribution in [2.75, 3.05) is 31.2 Å². The number of piperidine rings is 1. The maximum atomic E-state index is 13.1. The molecule has 4 heterocycles. The van der Waals surface area contributed by atoms with Crippen LogP contribution in [0, 0.1) is 0 Å². The zero-order chi connectivity index (χ0) is 30.8. The first-order valence-corrected chi connectivity index (χ1v) is 16.0. The molecule has 0 aromatic carbocycles. The summed E-state index contributed by atoms with van der Waals surface area (Å²) in [6, 6.07) is -0.368. The lowest BCUT2D eigenvalue weighted by Crippen LogP contribution is -2.51. The number of nitrogens with two attached hydrogens (primary N) is 1. The standard InChI is InChI=1S/C19H29N7O13P2S/c20-18-23-15-12(16(29)24-18)21-8-26(15)17-13(28)14(10(37-17)7-36-41(34,35)39-40(31,32)33)38-19(30)25-4-1-2-9(6-25)22-11(27)3-5-42/h8-10,13-14,17,28,42H,1-7H2,(H,22,27)(H,34,35)(H2,31,32,33)(H3,20,23,24,29)/t9-,10+,13+,14+,17+/m0/s1. The third kappa shape index (κ3) is 7.87. The number of aromatic nitrogens is 4. The summed E-state index contributed by atoms with van der Waals surface area (Å²) in [4.78, 5) is 76.2. The van der Waals surface area contributed by atoms with E-state index in [0.717, 1.165) is 10.9 Å². The second-order valence-electron chi connectivity index (χ2n) is 9.34. The number of H-pyrrole nitrogens is 1. The first kappa shape index (κ1) is 32.3. The van der Waals surface area contributed by atoms with Gasteiger partial charge in [-0.05, 0) is 18.6 Å². The van der Waals surface area contributed by atoms with Gasteiger partial charge in [0.1, 0.15) is 12.2 Å². The summed E-state index contributed by atoms with van der Waals surface area (Å²) in [5.41, 5.74) is 4.65. The van der Waals surface area contributed by atoms with E-state index in [9.17, 15) is 33.5 Å². The third-order valence-electron chi connectivity index (χ3n) is 6.27. The zero-order valence-corrected chi connectivity index (χ0v) is 24.3. The quantitative estimate of drug-likeness (QED) is 0.108. The number of likely N-dealkylation sites (tertiary alicyclic amines) is 1. The first-order valence-electron chi connectivity index (χ1n) is 12.3. The van der Waals surface area contributed by atoms with Crippen molar-refractivity contribution in [1.29, 1.82) is 0 Å². The van der Waals surface area contributed by atoms with Crippen LogP contribution in [0.1, 0.15) is 25.5 Å². The van der Waals surface area contributed by atoms with Crippen LogP contribution >= 0.6 is 28.3 Å². The number of nitrogens with zero attached hydrogens (tertiary/aromatic N) is 4. The second-order valence-corrected chi connectivity index (χ2v) is 12.6. The van der Waals surface area contributed by atoms with Crippen LogP contribution in [-0.4, -0.2) is 106 Å². The van der Waals surface area contributed by atoms with Crippen molar-refractivity contribution in [3.63, 3.8) is 0 Å². The summed E-state index contributed by atoms with van der Waals surface area (Å²) < 4.78 is 43.9. The van der Waals surface area contributed by atoms with Crippen LogP contribution in [0.15, 0.2) is 11.1 Å². The molecule has 4 rings (SSSR count). The monoisotopic (exact) mass is 657 g/mol. The van der Waals surface area contributed by atoms with Crippen LogP contribution in [0.3, 0.4) is 0 Å². The Morgan fingerprint density at radius 1 is 1.31 bits per heavy atom. The highest BCUT2D eigenvalue weighted by molar-refractivity contribution is 7.80. The topological polar surface area (TPSA) is 291 Å². The minimum absolute atomic E-state index is 0.0888. The predicted molar refractivity (Wildman–Crippen MR) is 143 cm³/mol. The molecule has 2 aliphatic heterocycles. The van der Waals surface area contributed by atoms with Gasteiger partial charge in [-0.15, -0.1) is 0 Å². The fourth-order valence-corrected chi connectivity index (χ4v) is 6.34. The van der Waals surface area contributed by atoms with Crippen molar-refractivity contribution in [2.24, 2.45) is 0 Å². The van der Waals surface area contributed by atoms with E-state index in [2.05, 4.69) is 41.7 Å². The van der Waals surface area contributed by atoms with E-state index in [1.54, 1.807) is 0 Å². The van der Waals surface area contributed by atoms with E-state index in [4.69, 9.17) is 25.0 Å². The molecule has 0 spiro atoms. The van der Waals surface area contributed by atoms with Gasteiger partial charge < -0.3 is 45.2 Å². The van der Waals surface area contributed by atoms with Crippen molar-refractivity contribution >= 4 is 57.4 Å². The van der Waals surface area contributed by atoms with Gasteiger partial charge in [0.15, 0.2) is 23.5 Å². The Morgan fingerprint density at radius 2 is 2.05 bits per heavy atom. The van der Waals surface area contributed by atoms with E-state index in [0.29, 0.717) is 18.6 Å². The number of thiol groups is 1. The number of phosphoric ester groups is 1. The predicted octanol–water partition coefficient (Wildman–Crippen LogP) is -1.41. The molecule has 8 N–H and O–H groups in total. The number of carbonyl (C=O) groups excluding carboxylic acids is 2. The van der Waals surface area contributed by atoms with Crippen LogP contribution in [-0.2, 0) is 32.2 Å². The number of fused-ring (bicyclic) bond motifs is 1. The minimum Gasteiger partial charge on any atom is -0.440 e. The number of hydrogen-bond donors (Lipinski definition) is 8. The molecule has 0 radical (unpaired) electrons. The van der Waals surface area contributed by atoms with E-state index in [1.807, 2.05) is 0 Å². The van der Waals surface area contributed by atoms with E-state index < -0.39 is 58.4 Å². The first-order chi connectivity index (χ1) is 19.7. The smallest absolute Gasteiger partial charge is 0.440 e. The number of anilines is 1. The Morgan fingerprint density at radius 3 is 2.74 bits per heavy atom. The Bertz CT molecular complexity index is 1470. The van der Waals surface area contributed by atoms with Crippen molar-refractivity contribution in [3.8, 4) is 0 Å². The van der Waals surface area contributed by atoms with Gasteiger partial charge in [-0.3, -0.25) is 23.7 Å². The lowest BCUT2D eigenvalue weighted by Gasteiger charge is -2.34. The molecule has 1 unspecified atom stereocenters. The van der Waals surface area contributed by atoms with Crippen molar-refractivity contribution in [3.05, 3.63) is 16.7 Å². The molecule has 2 fully saturated rings. The summed E-state index contributed by atoms with van der Waals surface area (Å²) in [6.45, 7) is -0.609. The maximum Gasteiger partial charge on any atom is 0.481 e. The molecule has 2 amide bonds. The number of phosphoric acid groups is 2. The van der Waals surface area contributed by atoms with Crippen molar-refractivity contribution in [1.82, 2.24) is 29.7 Å². The minimum atomic E-state index is -5.45. The Hall–Kier alpha value is -2.58. The maximum absolute atomic E-state index is 13.1. The second kappa shape index (κ2) is 13.0.